The number of ether oxygens (including phenoxy) is 3. The molecule has 0 fully saturated rings. The fourth-order valence-electron chi connectivity index (χ4n) is 3.58. The molecule has 8 nitrogen and oxygen atoms in total. The molecule has 2 aromatic heterocycles. The summed E-state index contributed by atoms with van der Waals surface area (Å²) in [4.78, 5) is 45.8. The summed E-state index contributed by atoms with van der Waals surface area (Å²) >= 11 is 0. The maximum Gasteiger partial charge on any atom is 0.338 e. The molecule has 1 N–H and O–H groups in total. The summed E-state index contributed by atoms with van der Waals surface area (Å²) < 4.78 is 14.9. The number of aromatic nitrogens is 2. The number of hydrogen-bond donors (Lipinski definition) is 1. The normalized spacial score (nSPS) is 10.8. The number of carbonyl (C=O) groups is 3. The molecule has 0 atom stereocenters. The predicted octanol–water partition coefficient (Wildman–Crippen LogP) is 3.53. The lowest BCUT2D eigenvalue weighted by Crippen LogP contribution is -2.18. The second-order valence-electron chi connectivity index (χ2n) is 6.66. The van der Waals surface area contributed by atoms with Crippen molar-refractivity contribution in [2.75, 3.05) is 21.3 Å². The fourth-order valence-corrected chi connectivity index (χ4v) is 3.58. The number of hydrogen-bond acceptors (Lipinski definition) is 7. The van der Waals surface area contributed by atoms with Crippen LogP contribution in [0.4, 0.5) is 0 Å². The molecule has 0 spiro atoms. The van der Waals surface area contributed by atoms with Gasteiger partial charge in [-0.2, -0.15) is 0 Å². The Labute approximate surface area is 176 Å². The van der Waals surface area contributed by atoms with Crippen LogP contribution in [0.2, 0.25) is 0 Å². The number of H-pyrrole nitrogens is 1. The number of pyridine rings is 1. The van der Waals surface area contributed by atoms with Crippen LogP contribution in [-0.4, -0.2) is 49.0 Å². The highest BCUT2D eigenvalue weighted by molar-refractivity contribution is 6.23. The summed E-state index contributed by atoms with van der Waals surface area (Å²) in [6, 6.07) is 11.6. The van der Waals surface area contributed by atoms with E-state index in [1.807, 2.05) is 18.2 Å². The first-order valence-corrected chi connectivity index (χ1v) is 9.29. The van der Waals surface area contributed by atoms with Crippen LogP contribution in [0.5, 0.6) is 5.75 Å². The number of aromatic amines is 1. The fraction of sp³-hybridized carbons (Fsp3) is 0.130. The predicted molar refractivity (Wildman–Crippen MR) is 113 cm³/mol. The van der Waals surface area contributed by atoms with Crippen molar-refractivity contribution < 1.29 is 28.6 Å². The van der Waals surface area contributed by atoms with Crippen molar-refractivity contribution in [2.45, 2.75) is 0 Å². The standard InChI is InChI=1S/C23H18N2O6/c1-29-12-7-8-13-14-9-10-24-20(19(14)25-17(13)11-12)21(26)18-15(22(27)30-2)5-4-6-16(18)23(28)31-3/h4-11,25H,1-3H3. The molecule has 0 aliphatic carbocycles. The van der Waals surface area contributed by atoms with Gasteiger partial charge in [0.25, 0.3) is 0 Å². The Morgan fingerprint density at radius 3 is 2.16 bits per heavy atom. The van der Waals surface area contributed by atoms with Crippen LogP contribution in [0.15, 0.2) is 48.7 Å². The molecule has 2 aromatic carbocycles. The largest absolute Gasteiger partial charge is 0.497 e. The van der Waals surface area contributed by atoms with Crippen molar-refractivity contribution in [1.29, 1.82) is 0 Å². The molecule has 4 rings (SSSR count). The summed E-state index contributed by atoms with van der Waals surface area (Å²) in [5.74, 6) is -1.44. The van der Waals surface area contributed by atoms with Gasteiger partial charge < -0.3 is 19.2 Å². The van der Waals surface area contributed by atoms with Crippen molar-refractivity contribution >= 4 is 39.5 Å². The highest BCUT2D eigenvalue weighted by atomic mass is 16.5. The number of methoxy groups -OCH3 is 3. The average molecular weight is 418 g/mol. The zero-order valence-electron chi connectivity index (χ0n) is 17.0. The number of benzene rings is 2. The van der Waals surface area contributed by atoms with Crippen LogP contribution in [0, 0.1) is 0 Å². The van der Waals surface area contributed by atoms with E-state index in [0.29, 0.717) is 11.3 Å². The first-order valence-electron chi connectivity index (χ1n) is 9.29. The SMILES string of the molecule is COC(=O)c1cccc(C(=O)OC)c1C(=O)c1nccc2c1[nH]c1cc(OC)ccc12. The van der Waals surface area contributed by atoms with E-state index in [1.165, 1.54) is 38.6 Å². The van der Waals surface area contributed by atoms with E-state index in [-0.39, 0.29) is 22.4 Å². The van der Waals surface area contributed by atoms with Gasteiger partial charge in [0.2, 0.25) is 5.78 Å². The molecule has 0 unspecified atom stereocenters. The van der Waals surface area contributed by atoms with Crippen molar-refractivity contribution in [1.82, 2.24) is 9.97 Å². The molecule has 31 heavy (non-hydrogen) atoms. The molecule has 8 heteroatoms. The van der Waals surface area contributed by atoms with Gasteiger partial charge in [0.1, 0.15) is 11.4 Å². The number of ketones is 1. The number of carbonyl (C=O) groups excluding carboxylic acids is 3. The molecule has 0 bridgehead atoms. The van der Waals surface area contributed by atoms with Crippen molar-refractivity contribution in [2.24, 2.45) is 0 Å². The van der Waals surface area contributed by atoms with E-state index >= 15 is 0 Å². The Kier molecular flexibility index (Phi) is 5.12. The molecule has 0 saturated heterocycles. The smallest absolute Gasteiger partial charge is 0.338 e. The Bertz CT molecular complexity index is 1320. The zero-order chi connectivity index (χ0) is 22.1. The molecule has 0 radical (unpaired) electrons. The minimum Gasteiger partial charge on any atom is -0.497 e. The van der Waals surface area contributed by atoms with Gasteiger partial charge in [0.05, 0.1) is 49.1 Å². The van der Waals surface area contributed by atoms with Gasteiger partial charge in [-0.15, -0.1) is 0 Å². The Balaban J connectivity index is 1.98. The number of rotatable bonds is 5. The van der Waals surface area contributed by atoms with E-state index < -0.39 is 17.7 Å². The van der Waals surface area contributed by atoms with Crippen molar-refractivity contribution in [3.8, 4) is 5.75 Å². The molecular weight excluding hydrogens is 400 g/mol. The maximum absolute atomic E-state index is 13.6. The number of esters is 2. The topological polar surface area (TPSA) is 108 Å². The second-order valence-corrected chi connectivity index (χ2v) is 6.66. The highest BCUT2D eigenvalue weighted by Crippen LogP contribution is 2.31. The zero-order valence-corrected chi connectivity index (χ0v) is 17.0. The molecule has 0 saturated carbocycles. The van der Waals surface area contributed by atoms with Gasteiger partial charge in [-0.1, -0.05) is 6.07 Å². The lowest BCUT2D eigenvalue weighted by atomic mass is 9.94. The Morgan fingerprint density at radius 1 is 0.871 bits per heavy atom. The number of fused-ring (bicyclic) bond motifs is 3. The maximum atomic E-state index is 13.6. The molecular formula is C23H18N2O6. The third kappa shape index (κ3) is 3.28. The summed E-state index contributed by atoms with van der Waals surface area (Å²) in [6.45, 7) is 0. The molecule has 0 aliphatic rings. The average Bonchev–Trinajstić information content (AvgIpc) is 3.19. The van der Waals surface area contributed by atoms with E-state index in [9.17, 15) is 14.4 Å². The highest BCUT2D eigenvalue weighted by Gasteiger charge is 2.28. The van der Waals surface area contributed by atoms with E-state index in [0.717, 1.165) is 16.3 Å². The van der Waals surface area contributed by atoms with Gasteiger partial charge in [-0.05, 0) is 30.3 Å². The third-order valence-electron chi connectivity index (χ3n) is 5.04. The van der Waals surface area contributed by atoms with Gasteiger partial charge in [0.15, 0.2) is 0 Å². The summed E-state index contributed by atoms with van der Waals surface area (Å²) in [6.07, 6.45) is 1.51. The van der Waals surface area contributed by atoms with Gasteiger partial charge in [-0.25, -0.2) is 9.59 Å². The minimum atomic E-state index is -0.748. The van der Waals surface area contributed by atoms with E-state index in [2.05, 4.69) is 9.97 Å². The lowest BCUT2D eigenvalue weighted by molar-refractivity contribution is 0.0593. The van der Waals surface area contributed by atoms with E-state index in [1.54, 1.807) is 13.2 Å². The second kappa shape index (κ2) is 7.91. The van der Waals surface area contributed by atoms with Crippen molar-refractivity contribution in [3.05, 3.63) is 71.0 Å². The van der Waals surface area contributed by atoms with Crippen LogP contribution < -0.4 is 4.74 Å². The van der Waals surface area contributed by atoms with Crippen molar-refractivity contribution in [3.63, 3.8) is 0 Å². The summed E-state index contributed by atoms with van der Waals surface area (Å²) in [7, 11) is 3.97. The Morgan fingerprint density at radius 2 is 1.55 bits per heavy atom. The summed E-state index contributed by atoms with van der Waals surface area (Å²) in [5.41, 5.74) is 1.07. The summed E-state index contributed by atoms with van der Waals surface area (Å²) in [5, 5.41) is 1.65. The van der Waals surface area contributed by atoms with Crippen LogP contribution >= 0.6 is 0 Å². The van der Waals surface area contributed by atoms with Gasteiger partial charge in [-0.3, -0.25) is 9.78 Å². The van der Waals surface area contributed by atoms with Crippen LogP contribution in [-0.2, 0) is 9.47 Å². The van der Waals surface area contributed by atoms with E-state index in [4.69, 9.17) is 14.2 Å². The quantitative estimate of drug-likeness (QED) is 0.390. The lowest BCUT2D eigenvalue weighted by Gasteiger charge is -2.11. The molecule has 0 aliphatic heterocycles. The first-order chi connectivity index (χ1) is 15.0. The monoisotopic (exact) mass is 418 g/mol. The van der Waals surface area contributed by atoms with Crippen LogP contribution in [0.25, 0.3) is 21.8 Å². The molecule has 4 aromatic rings. The first kappa shape index (κ1) is 20.1. The minimum absolute atomic E-state index is 0.0491. The molecule has 2 heterocycles. The number of nitrogens with one attached hydrogen (secondary N) is 1. The Hall–Kier alpha value is -4.20. The van der Waals surface area contributed by atoms with Gasteiger partial charge in [0, 0.05) is 23.0 Å². The van der Waals surface area contributed by atoms with Crippen LogP contribution in [0.1, 0.15) is 36.8 Å². The van der Waals surface area contributed by atoms with Crippen LogP contribution in [0.3, 0.4) is 0 Å². The third-order valence-corrected chi connectivity index (χ3v) is 5.04. The number of nitrogens with zero attached hydrogens (tertiary/aromatic N) is 1. The molecule has 156 valence electrons. The van der Waals surface area contributed by atoms with Gasteiger partial charge >= 0.3 is 11.9 Å². The molecule has 0 amide bonds.